The third-order valence-electron chi connectivity index (χ3n) is 4.07. The number of hydrogen-bond acceptors (Lipinski definition) is 3. The van der Waals surface area contributed by atoms with Crippen LogP contribution in [0.25, 0.3) is 0 Å². The highest BCUT2D eigenvalue weighted by molar-refractivity contribution is 5.85. The molecule has 0 spiro atoms. The Labute approximate surface area is 117 Å². The normalized spacial score (nSPS) is 31.4. The van der Waals surface area contributed by atoms with Crippen molar-refractivity contribution < 1.29 is 4.74 Å². The number of nitrogens with two attached hydrogens (primary N) is 1. The molecule has 0 atom stereocenters. The van der Waals surface area contributed by atoms with Gasteiger partial charge in [0.2, 0.25) is 0 Å². The van der Waals surface area contributed by atoms with E-state index in [4.69, 9.17) is 10.5 Å². The second kappa shape index (κ2) is 8.54. The summed E-state index contributed by atoms with van der Waals surface area (Å²) in [6.45, 7) is 2.42. The molecule has 1 aliphatic carbocycles. The summed E-state index contributed by atoms with van der Waals surface area (Å²) in [5.74, 6) is 0. The molecule has 0 unspecified atom stereocenters. The molecule has 0 aromatic carbocycles. The lowest BCUT2D eigenvalue weighted by Gasteiger charge is -2.39. The number of methoxy groups -OCH3 is 1. The standard InChI is InChI=1S/C12H24N2O.2ClH/c1-15-12-4-2-11(3-5-12)14-8-6-10(13)7-9-14;;/h10-12H,2-9,13H2,1H3;2*1H. The number of halogens is 2. The number of likely N-dealkylation sites (tertiary alicyclic amines) is 1. The quantitative estimate of drug-likeness (QED) is 0.845. The van der Waals surface area contributed by atoms with E-state index in [0.29, 0.717) is 12.1 Å². The zero-order valence-corrected chi connectivity index (χ0v) is 12.3. The molecule has 1 saturated carbocycles. The first-order valence-electron chi connectivity index (χ1n) is 6.32. The van der Waals surface area contributed by atoms with Crippen LogP contribution in [-0.4, -0.2) is 43.3 Å². The summed E-state index contributed by atoms with van der Waals surface area (Å²) in [6.07, 6.45) is 8.00. The van der Waals surface area contributed by atoms with Crippen LogP contribution >= 0.6 is 24.8 Å². The maximum atomic E-state index is 5.92. The van der Waals surface area contributed by atoms with Crippen molar-refractivity contribution in [1.29, 1.82) is 0 Å². The summed E-state index contributed by atoms with van der Waals surface area (Å²) in [7, 11) is 1.84. The summed E-state index contributed by atoms with van der Waals surface area (Å²) in [6, 6.07) is 1.26. The summed E-state index contributed by atoms with van der Waals surface area (Å²) < 4.78 is 5.41. The fourth-order valence-corrected chi connectivity index (χ4v) is 2.93. The number of piperidine rings is 1. The first-order valence-corrected chi connectivity index (χ1v) is 6.32. The molecule has 0 bridgehead atoms. The third-order valence-corrected chi connectivity index (χ3v) is 4.07. The van der Waals surface area contributed by atoms with Crippen molar-refractivity contribution in [1.82, 2.24) is 4.90 Å². The average Bonchev–Trinajstić information content (AvgIpc) is 2.30. The van der Waals surface area contributed by atoms with E-state index < -0.39 is 0 Å². The summed E-state index contributed by atoms with van der Waals surface area (Å²) in [4.78, 5) is 2.65. The van der Waals surface area contributed by atoms with Gasteiger partial charge >= 0.3 is 0 Å². The van der Waals surface area contributed by atoms with Gasteiger partial charge in [0.25, 0.3) is 0 Å². The minimum atomic E-state index is 0. The van der Waals surface area contributed by atoms with Crippen molar-refractivity contribution in [2.75, 3.05) is 20.2 Å². The van der Waals surface area contributed by atoms with Gasteiger partial charge in [-0.25, -0.2) is 0 Å². The van der Waals surface area contributed by atoms with Crippen molar-refractivity contribution >= 4 is 24.8 Å². The highest BCUT2D eigenvalue weighted by atomic mass is 35.5. The Kier molecular flexibility index (Phi) is 8.77. The van der Waals surface area contributed by atoms with Gasteiger partial charge in [0.15, 0.2) is 0 Å². The van der Waals surface area contributed by atoms with E-state index in [1.807, 2.05) is 7.11 Å². The number of rotatable bonds is 2. The van der Waals surface area contributed by atoms with Gasteiger partial charge in [0.1, 0.15) is 0 Å². The SMILES string of the molecule is COC1CCC(N2CCC(N)CC2)CC1.Cl.Cl. The predicted molar refractivity (Wildman–Crippen MR) is 76.3 cm³/mol. The van der Waals surface area contributed by atoms with E-state index in [9.17, 15) is 0 Å². The van der Waals surface area contributed by atoms with Crippen molar-refractivity contribution in [2.45, 2.75) is 56.7 Å². The molecule has 104 valence electrons. The van der Waals surface area contributed by atoms with Crippen molar-refractivity contribution in [3.63, 3.8) is 0 Å². The van der Waals surface area contributed by atoms with Gasteiger partial charge in [-0.3, -0.25) is 0 Å². The molecule has 0 aromatic heterocycles. The molecule has 5 heteroatoms. The summed E-state index contributed by atoms with van der Waals surface area (Å²) in [5, 5.41) is 0. The van der Waals surface area contributed by atoms with E-state index in [1.54, 1.807) is 0 Å². The van der Waals surface area contributed by atoms with Crippen molar-refractivity contribution in [3.8, 4) is 0 Å². The Morgan fingerprint density at radius 2 is 1.47 bits per heavy atom. The van der Waals surface area contributed by atoms with Gasteiger partial charge in [-0.2, -0.15) is 0 Å². The molecule has 0 aromatic rings. The van der Waals surface area contributed by atoms with Crippen LogP contribution in [-0.2, 0) is 4.74 Å². The Bertz CT molecular complexity index is 191. The van der Waals surface area contributed by atoms with Crippen LogP contribution in [0, 0.1) is 0 Å². The second-order valence-electron chi connectivity index (χ2n) is 5.04. The monoisotopic (exact) mass is 284 g/mol. The molecule has 2 fully saturated rings. The van der Waals surface area contributed by atoms with E-state index in [-0.39, 0.29) is 24.8 Å². The zero-order valence-electron chi connectivity index (χ0n) is 10.6. The largest absolute Gasteiger partial charge is 0.381 e. The average molecular weight is 285 g/mol. The van der Waals surface area contributed by atoms with Crippen LogP contribution in [0.5, 0.6) is 0 Å². The van der Waals surface area contributed by atoms with Crippen LogP contribution < -0.4 is 5.73 Å². The van der Waals surface area contributed by atoms with Crippen LogP contribution in [0.1, 0.15) is 38.5 Å². The zero-order chi connectivity index (χ0) is 10.7. The minimum absolute atomic E-state index is 0. The molecule has 1 aliphatic heterocycles. The molecular weight excluding hydrogens is 259 g/mol. The fraction of sp³-hybridized carbons (Fsp3) is 1.00. The molecule has 17 heavy (non-hydrogen) atoms. The Balaban J connectivity index is 0.00000128. The molecule has 0 radical (unpaired) electrons. The lowest BCUT2D eigenvalue weighted by Crippen LogP contribution is -2.46. The molecule has 1 saturated heterocycles. The Morgan fingerprint density at radius 3 is 1.94 bits per heavy atom. The maximum Gasteiger partial charge on any atom is 0.0572 e. The highest BCUT2D eigenvalue weighted by Crippen LogP contribution is 2.26. The lowest BCUT2D eigenvalue weighted by atomic mass is 9.90. The minimum Gasteiger partial charge on any atom is -0.381 e. The summed E-state index contributed by atoms with van der Waals surface area (Å²) >= 11 is 0. The Hall–Kier alpha value is 0.460. The number of hydrogen-bond donors (Lipinski definition) is 1. The number of ether oxygens (including phenoxy) is 1. The maximum absolute atomic E-state index is 5.92. The molecule has 1 heterocycles. The van der Waals surface area contributed by atoms with E-state index in [2.05, 4.69) is 4.90 Å². The van der Waals surface area contributed by atoms with Gasteiger partial charge in [0.05, 0.1) is 6.10 Å². The first-order chi connectivity index (χ1) is 7.29. The lowest BCUT2D eigenvalue weighted by molar-refractivity contribution is 0.0323. The van der Waals surface area contributed by atoms with Gasteiger partial charge in [-0.1, -0.05) is 0 Å². The Morgan fingerprint density at radius 1 is 0.941 bits per heavy atom. The second-order valence-corrected chi connectivity index (χ2v) is 5.04. The van der Waals surface area contributed by atoms with Gasteiger partial charge in [-0.05, 0) is 51.6 Å². The topological polar surface area (TPSA) is 38.5 Å². The first kappa shape index (κ1) is 17.5. The summed E-state index contributed by atoms with van der Waals surface area (Å²) in [5.41, 5.74) is 5.92. The van der Waals surface area contributed by atoms with E-state index in [1.165, 1.54) is 51.6 Å². The van der Waals surface area contributed by atoms with E-state index in [0.717, 1.165) is 6.04 Å². The molecule has 0 amide bonds. The van der Waals surface area contributed by atoms with Crippen LogP contribution in [0.4, 0.5) is 0 Å². The highest BCUT2D eigenvalue weighted by Gasteiger charge is 2.27. The van der Waals surface area contributed by atoms with Gasteiger partial charge in [0, 0.05) is 19.2 Å². The van der Waals surface area contributed by atoms with Crippen molar-refractivity contribution in [3.05, 3.63) is 0 Å². The smallest absolute Gasteiger partial charge is 0.0572 e. The third kappa shape index (κ3) is 4.92. The molecular formula is C12H26Cl2N2O. The molecule has 2 aliphatic rings. The predicted octanol–water partition coefficient (Wildman–Crippen LogP) is 2.21. The van der Waals surface area contributed by atoms with Crippen LogP contribution in [0.3, 0.4) is 0 Å². The van der Waals surface area contributed by atoms with Crippen molar-refractivity contribution in [2.24, 2.45) is 5.73 Å². The van der Waals surface area contributed by atoms with Crippen LogP contribution in [0.2, 0.25) is 0 Å². The molecule has 2 N–H and O–H groups in total. The molecule has 2 rings (SSSR count). The van der Waals surface area contributed by atoms with E-state index >= 15 is 0 Å². The molecule has 3 nitrogen and oxygen atoms in total. The fourth-order valence-electron chi connectivity index (χ4n) is 2.93. The van der Waals surface area contributed by atoms with Crippen LogP contribution in [0.15, 0.2) is 0 Å². The van der Waals surface area contributed by atoms with Gasteiger partial charge in [-0.15, -0.1) is 24.8 Å². The van der Waals surface area contributed by atoms with Gasteiger partial charge < -0.3 is 15.4 Å². The number of nitrogens with zero attached hydrogens (tertiary/aromatic N) is 1.